The predicted octanol–water partition coefficient (Wildman–Crippen LogP) is 6.42. The van der Waals surface area contributed by atoms with E-state index < -0.39 is 0 Å². The molecule has 0 unspecified atom stereocenters. The number of carbonyl (C=O) groups is 1. The van der Waals surface area contributed by atoms with Crippen molar-refractivity contribution in [3.63, 3.8) is 0 Å². The lowest BCUT2D eigenvalue weighted by molar-refractivity contribution is -0.0549. The Bertz CT molecular complexity index is 823. The second-order valence-corrected chi connectivity index (χ2v) is 11.5. The summed E-state index contributed by atoms with van der Waals surface area (Å²) in [5.74, 6) is 3.10. The van der Waals surface area contributed by atoms with Crippen LogP contribution in [0.2, 0.25) is 0 Å². The van der Waals surface area contributed by atoms with Gasteiger partial charge in [0.25, 0.3) is 0 Å². The predicted molar refractivity (Wildman–Crippen MR) is 121 cm³/mol. The maximum absolute atomic E-state index is 13.3. The van der Waals surface area contributed by atoms with Crippen LogP contribution in [0.1, 0.15) is 88.9 Å². The van der Waals surface area contributed by atoms with Gasteiger partial charge in [-0.15, -0.1) is 0 Å². The molecule has 0 amide bonds. The third-order valence-electron chi connectivity index (χ3n) is 8.51. The Labute approximate surface area is 187 Å². The molecule has 0 bridgehead atoms. The van der Waals surface area contributed by atoms with Gasteiger partial charge in [-0.1, -0.05) is 27.2 Å². The van der Waals surface area contributed by atoms with Crippen molar-refractivity contribution in [2.45, 2.75) is 84.7 Å². The molecule has 4 heteroatoms. The van der Waals surface area contributed by atoms with Crippen molar-refractivity contribution < 1.29 is 19.0 Å². The van der Waals surface area contributed by atoms with E-state index in [1.54, 1.807) is 0 Å². The van der Waals surface area contributed by atoms with Gasteiger partial charge in [0.05, 0.1) is 13.2 Å². The highest BCUT2D eigenvalue weighted by Gasteiger charge is 2.55. The van der Waals surface area contributed by atoms with Crippen LogP contribution >= 0.6 is 0 Å². The summed E-state index contributed by atoms with van der Waals surface area (Å²) in [6.45, 7) is 8.56. The van der Waals surface area contributed by atoms with Gasteiger partial charge >= 0.3 is 5.97 Å². The molecule has 4 aliphatic rings. The molecule has 4 fully saturated rings. The average molecular weight is 427 g/mol. The van der Waals surface area contributed by atoms with Gasteiger partial charge < -0.3 is 14.2 Å². The molecule has 4 saturated carbocycles. The molecular formula is C27H38O4. The van der Waals surface area contributed by atoms with E-state index in [1.165, 1.54) is 38.5 Å². The molecule has 4 nitrogen and oxygen atoms in total. The Kier molecular flexibility index (Phi) is 5.46. The first kappa shape index (κ1) is 21.2. The summed E-state index contributed by atoms with van der Waals surface area (Å²) in [4.78, 5) is 13.3. The van der Waals surface area contributed by atoms with Crippen LogP contribution < -0.4 is 9.47 Å². The van der Waals surface area contributed by atoms with E-state index >= 15 is 0 Å². The van der Waals surface area contributed by atoms with Crippen LogP contribution in [0.25, 0.3) is 0 Å². The molecule has 1 aromatic carbocycles. The normalized spacial score (nSPS) is 31.7. The third kappa shape index (κ3) is 4.45. The largest absolute Gasteiger partial charge is 0.493 e. The molecule has 0 N–H and O–H groups in total. The minimum atomic E-state index is -0.241. The summed E-state index contributed by atoms with van der Waals surface area (Å²) >= 11 is 0. The Hall–Kier alpha value is -1.71. The first-order valence-electron chi connectivity index (χ1n) is 12.5. The lowest BCUT2D eigenvalue weighted by atomic mass is 9.57. The SMILES string of the molecule is CC1(C)CCC[C@]2(C)[C@@H](OC(=O)c3ccc(OCC4CC4)cc3OCC3CC3)CC[C@@H]12. The number of esters is 1. The first-order valence-corrected chi connectivity index (χ1v) is 12.5. The van der Waals surface area contributed by atoms with E-state index in [4.69, 9.17) is 14.2 Å². The van der Waals surface area contributed by atoms with Crippen molar-refractivity contribution in [1.29, 1.82) is 0 Å². The molecule has 0 radical (unpaired) electrons. The molecule has 0 aliphatic heterocycles. The minimum absolute atomic E-state index is 0.00773. The number of fused-ring (bicyclic) bond motifs is 1. The van der Waals surface area contributed by atoms with Gasteiger partial charge in [0, 0.05) is 11.5 Å². The molecule has 0 heterocycles. The molecular weight excluding hydrogens is 388 g/mol. The van der Waals surface area contributed by atoms with Gasteiger partial charge in [0.2, 0.25) is 0 Å². The summed E-state index contributed by atoms with van der Waals surface area (Å²) in [6.07, 6.45) is 10.7. The highest BCUT2D eigenvalue weighted by Crippen LogP contribution is 2.60. The standard InChI is InChI=1S/C27H38O4/c1-26(2)13-4-14-27(3)23(26)11-12-24(27)31-25(28)21-10-9-20(29-16-18-5-6-18)15-22(21)30-17-19-7-8-19/h9-10,15,18-19,23-24H,4-8,11-14,16-17H2,1-3H3/t23-,24-,27-/m0/s1. The van der Waals surface area contributed by atoms with E-state index in [1.807, 2.05) is 18.2 Å². The van der Waals surface area contributed by atoms with Crippen molar-refractivity contribution in [2.75, 3.05) is 13.2 Å². The average Bonchev–Trinajstić information content (AvgIpc) is 3.65. The summed E-state index contributed by atoms with van der Waals surface area (Å²) < 4.78 is 18.2. The molecule has 0 saturated heterocycles. The van der Waals surface area contributed by atoms with E-state index in [9.17, 15) is 4.79 Å². The molecule has 0 aromatic heterocycles. The molecule has 0 spiro atoms. The number of ether oxygens (including phenoxy) is 3. The van der Waals surface area contributed by atoms with Crippen LogP contribution in [0.5, 0.6) is 11.5 Å². The maximum Gasteiger partial charge on any atom is 0.342 e. The number of hydrogen-bond acceptors (Lipinski definition) is 4. The van der Waals surface area contributed by atoms with Gasteiger partial charge in [-0.25, -0.2) is 4.79 Å². The van der Waals surface area contributed by atoms with Crippen LogP contribution in [0, 0.1) is 28.6 Å². The lowest BCUT2D eigenvalue weighted by Crippen LogP contribution is -2.44. The van der Waals surface area contributed by atoms with Crippen LogP contribution in [0.3, 0.4) is 0 Å². The molecule has 1 aromatic rings. The summed E-state index contributed by atoms with van der Waals surface area (Å²) in [5, 5.41) is 0. The fraction of sp³-hybridized carbons (Fsp3) is 0.741. The molecule has 5 rings (SSSR count). The van der Waals surface area contributed by atoms with Gasteiger partial charge in [-0.3, -0.25) is 0 Å². The summed E-state index contributed by atoms with van der Waals surface area (Å²) in [7, 11) is 0. The first-order chi connectivity index (χ1) is 14.8. The second-order valence-electron chi connectivity index (χ2n) is 11.5. The Morgan fingerprint density at radius 3 is 2.35 bits per heavy atom. The van der Waals surface area contributed by atoms with Gasteiger partial charge in [0.15, 0.2) is 0 Å². The zero-order valence-corrected chi connectivity index (χ0v) is 19.5. The van der Waals surface area contributed by atoms with Crippen LogP contribution in [-0.2, 0) is 4.74 Å². The highest BCUT2D eigenvalue weighted by molar-refractivity contribution is 5.93. The monoisotopic (exact) mass is 426 g/mol. The van der Waals surface area contributed by atoms with Crippen molar-refractivity contribution in [3.05, 3.63) is 23.8 Å². The number of carbonyl (C=O) groups excluding carboxylic acids is 1. The van der Waals surface area contributed by atoms with E-state index in [0.717, 1.165) is 31.6 Å². The Balaban J connectivity index is 1.31. The zero-order valence-electron chi connectivity index (χ0n) is 19.5. The van der Waals surface area contributed by atoms with Crippen LogP contribution in [-0.4, -0.2) is 25.3 Å². The fourth-order valence-electron chi connectivity index (χ4n) is 6.18. The van der Waals surface area contributed by atoms with Gasteiger partial charge in [-0.2, -0.15) is 0 Å². The van der Waals surface area contributed by atoms with Gasteiger partial charge in [-0.05, 0) is 86.7 Å². The van der Waals surface area contributed by atoms with Crippen molar-refractivity contribution >= 4 is 5.97 Å². The Morgan fingerprint density at radius 2 is 1.65 bits per heavy atom. The van der Waals surface area contributed by atoms with Crippen LogP contribution in [0.15, 0.2) is 18.2 Å². The summed E-state index contributed by atoms with van der Waals surface area (Å²) in [5.41, 5.74) is 0.953. The van der Waals surface area contributed by atoms with E-state index in [-0.39, 0.29) is 17.5 Å². The lowest BCUT2D eigenvalue weighted by Gasteiger charge is -2.49. The highest BCUT2D eigenvalue weighted by atomic mass is 16.5. The molecule has 3 atom stereocenters. The van der Waals surface area contributed by atoms with Crippen molar-refractivity contribution in [2.24, 2.45) is 28.6 Å². The van der Waals surface area contributed by atoms with E-state index in [2.05, 4.69) is 20.8 Å². The van der Waals surface area contributed by atoms with E-state index in [0.29, 0.717) is 41.1 Å². The topological polar surface area (TPSA) is 44.8 Å². The number of benzene rings is 1. The number of hydrogen-bond donors (Lipinski definition) is 0. The van der Waals surface area contributed by atoms with Gasteiger partial charge in [0.1, 0.15) is 23.2 Å². The van der Waals surface area contributed by atoms with Crippen molar-refractivity contribution in [3.8, 4) is 11.5 Å². The van der Waals surface area contributed by atoms with Crippen LogP contribution in [0.4, 0.5) is 0 Å². The fourth-order valence-corrected chi connectivity index (χ4v) is 6.18. The third-order valence-corrected chi connectivity index (χ3v) is 8.51. The smallest absolute Gasteiger partial charge is 0.342 e. The van der Waals surface area contributed by atoms with Crippen molar-refractivity contribution in [1.82, 2.24) is 0 Å². The Morgan fingerprint density at radius 1 is 0.935 bits per heavy atom. The second kappa shape index (κ2) is 8.01. The quantitative estimate of drug-likeness (QED) is 0.450. The molecule has 31 heavy (non-hydrogen) atoms. The number of rotatable bonds is 8. The maximum atomic E-state index is 13.3. The molecule has 170 valence electrons. The zero-order chi connectivity index (χ0) is 21.6. The summed E-state index contributed by atoms with van der Waals surface area (Å²) in [6, 6.07) is 5.63. The minimum Gasteiger partial charge on any atom is -0.493 e. The molecule has 4 aliphatic carbocycles.